The minimum Gasteiger partial charge on any atom is -0.390 e. The number of benzene rings is 3. The lowest BCUT2D eigenvalue weighted by Gasteiger charge is -2.25. The molecule has 0 unspecified atom stereocenters. The fraction of sp³-hybridized carbons (Fsp3) is 0.167. The van der Waals surface area contributed by atoms with Crippen LogP contribution in [0.5, 0.6) is 0 Å². The van der Waals surface area contributed by atoms with Crippen molar-refractivity contribution in [2.24, 2.45) is 5.16 Å². The highest BCUT2D eigenvalue weighted by molar-refractivity contribution is 6.30. The molecule has 1 amide bonds. The monoisotopic (exact) mass is 422 g/mol. The van der Waals surface area contributed by atoms with Gasteiger partial charge in [0.1, 0.15) is 5.82 Å². The van der Waals surface area contributed by atoms with E-state index in [1.807, 2.05) is 48.5 Å². The van der Waals surface area contributed by atoms with Crippen LogP contribution in [0.1, 0.15) is 27.9 Å². The van der Waals surface area contributed by atoms with Crippen LogP contribution in [0.3, 0.4) is 0 Å². The Balaban J connectivity index is 1.52. The zero-order valence-electron chi connectivity index (χ0n) is 16.2. The molecule has 0 aromatic heterocycles. The summed E-state index contributed by atoms with van der Waals surface area (Å²) < 4.78 is 13.7. The van der Waals surface area contributed by atoms with E-state index in [-0.39, 0.29) is 12.0 Å². The summed E-state index contributed by atoms with van der Waals surface area (Å²) in [6.07, 6.45) is 0.309. The molecule has 0 spiro atoms. The predicted molar refractivity (Wildman–Crippen MR) is 115 cm³/mol. The Morgan fingerprint density at radius 2 is 1.87 bits per heavy atom. The van der Waals surface area contributed by atoms with Gasteiger partial charge in [-0.25, -0.2) is 4.39 Å². The molecule has 1 aliphatic rings. The molecule has 0 saturated carbocycles. The average Bonchev–Trinajstić information content (AvgIpc) is 3.22. The smallest absolute Gasteiger partial charge is 0.254 e. The zero-order valence-corrected chi connectivity index (χ0v) is 16.9. The van der Waals surface area contributed by atoms with Crippen LogP contribution in [-0.4, -0.2) is 29.2 Å². The van der Waals surface area contributed by atoms with Crippen LogP contribution in [0.2, 0.25) is 5.02 Å². The van der Waals surface area contributed by atoms with Crippen molar-refractivity contribution in [2.75, 3.05) is 6.54 Å². The van der Waals surface area contributed by atoms with E-state index in [1.54, 1.807) is 17.0 Å². The minimum absolute atomic E-state index is 0.272. The maximum Gasteiger partial charge on any atom is 0.254 e. The molecule has 1 aliphatic heterocycles. The lowest BCUT2D eigenvalue weighted by molar-refractivity contribution is 0.0405. The zero-order chi connectivity index (χ0) is 20.9. The number of nitrogens with zero attached hydrogens (tertiary/aromatic N) is 2. The number of oxime groups is 1. The van der Waals surface area contributed by atoms with Gasteiger partial charge in [0.2, 0.25) is 0 Å². The maximum absolute atomic E-state index is 13.7. The van der Waals surface area contributed by atoms with Crippen LogP contribution < -0.4 is 0 Å². The predicted octanol–water partition coefficient (Wildman–Crippen LogP) is 5.31. The molecule has 0 bridgehead atoms. The molecule has 0 radical (unpaired) electrons. The first-order chi connectivity index (χ1) is 14.6. The van der Waals surface area contributed by atoms with Crippen molar-refractivity contribution < 1.29 is 14.0 Å². The highest BCUT2D eigenvalue weighted by Gasteiger charge is 2.27. The maximum atomic E-state index is 13.7. The molecular weight excluding hydrogens is 403 g/mol. The average molecular weight is 423 g/mol. The van der Waals surface area contributed by atoms with Gasteiger partial charge in [-0.1, -0.05) is 65.3 Å². The van der Waals surface area contributed by atoms with Crippen molar-refractivity contribution in [3.05, 3.63) is 106 Å². The van der Waals surface area contributed by atoms with Gasteiger partial charge in [0.25, 0.3) is 5.91 Å². The Morgan fingerprint density at radius 1 is 1.07 bits per heavy atom. The summed E-state index contributed by atoms with van der Waals surface area (Å²) in [6.45, 7) is 0.651. The second-order valence-corrected chi connectivity index (χ2v) is 7.60. The van der Waals surface area contributed by atoms with Crippen molar-refractivity contribution in [3.8, 4) is 0 Å². The molecule has 0 aliphatic carbocycles. The first-order valence-corrected chi connectivity index (χ1v) is 10.0. The normalized spacial score (nSPS) is 15.4. The molecule has 1 heterocycles. The van der Waals surface area contributed by atoms with Crippen LogP contribution in [-0.2, 0) is 11.4 Å². The first kappa shape index (κ1) is 20.1. The second kappa shape index (κ2) is 9.09. The third kappa shape index (κ3) is 4.86. The molecule has 152 valence electrons. The summed E-state index contributed by atoms with van der Waals surface area (Å²) in [5.74, 6) is -0.721. The van der Waals surface area contributed by atoms with E-state index in [4.69, 9.17) is 16.4 Å². The number of carbonyl (C=O) groups excluding carboxylic acids is 1. The molecule has 0 N–H and O–H groups in total. The van der Waals surface area contributed by atoms with Crippen LogP contribution in [0.25, 0.3) is 0 Å². The lowest BCUT2D eigenvalue weighted by atomic mass is 10.0. The number of hydrogen-bond donors (Lipinski definition) is 0. The summed E-state index contributed by atoms with van der Waals surface area (Å²) in [6, 6.07) is 22.8. The Labute approximate surface area is 179 Å². The highest BCUT2D eigenvalue weighted by atomic mass is 35.5. The van der Waals surface area contributed by atoms with Crippen LogP contribution in [0.15, 0.2) is 84.0 Å². The summed E-state index contributed by atoms with van der Waals surface area (Å²) in [5, 5.41) is 4.80. The first-order valence-electron chi connectivity index (χ1n) is 9.66. The highest BCUT2D eigenvalue weighted by Crippen LogP contribution is 2.21. The molecule has 0 saturated heterocycles. The van der Waals surface area contributed by atoms with E-state index in [0.29, 0.717) is 30.1 Å². The number of carbonyl (C=O) groups is 1. The van der Waals surface area contributed by atoms with Gasteiger partial charge in [0.15, 0.2) is 6.10 Å². The molecule has 3 aromatic rings. The Hall–Kier alpha value is -3.18. The van der Waals surface area contributed by atoms with Crippen molar-refractivity contribution in [1.29, 1.82) is 0 Å². The van der Waals surface area contributed by atoms with E-state index in [1.165, 1.54) is 18.2 Å². The van der Waals surface area contributed by atoms with E-state index in [0.717, 1.165) is 16.8 Å². The Kier molecular flexibility index (Phi) is 6.10. The van der Waals surface area contributed by atoms with E-state index >= 15 is 0 Å². The SMILES string of the molecule is O=C(c1cccc(F)c1)N(Cc1cccc(Cl)c1)C[C@H]1CC(c2ccccc2)=NO1. The number of hydrogen-bond acceptors (Lipinski definition) is 3. The fourth-order valence-corrected chi connectivity index (χ4v) is 3.67. The molecule has 4 nitrogen and oxygen atoms in total. The van der Waals surface area contributed by atoms with E-state index < -0.39 is 5.82 Å². The standard InChI is InChI=1S/C24H20ClFN2O2/c25-20-10-4-6-17(12-20)15-28(24(29)19-9-5-11-21(26)13-19)16-22-14-23(27-30-22)18-7-2-1-3-8-18/h1-13,22H,14-16H2/t22-/m1/s1. The van der Waals surface area contributed by atoms with Crippen LogP contribution in [0.4, 0.5) is 4.39 Å². The number of amides is 1. The van der Waals surface area contributed by atoms with Gasteiger partial charge in [0, 0.05) is 23.6 Å². The van der Waals surface area contributed by atoms with E-state index in [2.05, 4.69) is 5.16 Å². The molecule has 4 rings (SSSR count). The second-order valence-electron chi connectivity index (χ2n) is 7.16. The molecule has 30 heavy (non-hydrogen) atoms. The lowest BCUT2D eigenvalue weighted by Crippen LogP contribution is -2.37. The van der Waals surface area contributed by atoms with Gasteiger partial charge in [-0.15, -0.1) is 0 Å². The Morgan fingerprint density at radius 3 is 2.63 bits per heavy atom. The fourth-order valence-electron chi connectivity index (χ4n) is 3.45. The van der Waals surface area contributed by atoms with Gasteiger partial charge in [-0.05, 0) is 41.5 Å². The van der Waals surface area contributed by atoms with Crippen LogP contribution >= 0.6 is 11.6 Å². The van der Waals surface area contributed by atoms with Gasteiger partial charge in [-0.2, -0.15) is 0 Å². The van der Waals surface area contributed by atoms with Crippen molar-refractivity contribution >= 4 is 23.2 Å². The van der Waals surface area contributed by atoms with E-state index in [9.17, 15) is 9.18 Å². The largest absolute Gasteiger partial charge is 0.390 e. The molecule has 6 heteroatoms. The molecule has 3 aromatic carbocycles. The number of rotatable bonds is 6. The third-order valence-electron chi connectivity index (χ3n) is 4.89. The van der Waals surface area contributed by atoms with Gasteiger partial charge < -0.3 is 9.74 Å². The van der Waals surface area contributed by atoms with Gasteiger partial charge in [-0.3, -0.25) is 4.79 Å². The van der Waals surface area contributed by atoms with Gasteiger partial charge >= 0.3 is 0 Å². The third-order valence-corrected chi connectivity index (χ3v) is 5.12. The van der Waals surface area contributed by atoms with Gasteiger partial charge in [0.05, 0.1) is 12.3 Å². The summed E-state index contributed by atoms with van der Waals surface area (Å²) in [5.41, 5.74) is 3.02. The quantitative estimate of drug-likeness (QED) is 0.540. The van der Waals surface area contributed by atoms with Crippen molar-refractivity contribution in [3.63, 3.8) is 0 Å². The van der Waals surface area contributed by atoms with Crippen molar-refractivity contribution in [2.45, 2.75) is 19.1 Å². The molecular formula is C24H20ClFN2O2. The van der Waals surface area contributed by atoms with Crippen LogP contribution in [0, 0.1) is 5.82 Å². The molecule has 1 atom stereocenters. The minimum atomic E-state index is -0.449. The molecule has 0 fully saturated rings. The Bertz CT molecular complexity index is 1070. The van der Waals surface area contributed by atoms with Crippen molar-refractivity contribution in [1.82, 2.24) is 4.90 Å². The number of halogens is 2. The summed E-state index contributed by atoms with van der Waals surface area (Å²) in [4.78, 5) is 20.4. The summed E-state index contributed by atoms with van der Waals surface area (Å²) >= 11 is 6.11. The summed E-state index contributed by atoms with van der Waals surface area (Å²) in [7, 11) is 0. The topological polar surface area (TPSA) is 41.9 Å².